The number of nitrogens with zero attached hydrogens (tertiary/aromatic N) is 3. The summed E-state index contributed by atoms with van der Waals surface area (Å²) in [7, 11) is -3.44. The Labute approximate surface area is 140 Å². The van der Waals surface area contributed by atoms with E-state index in [1.165, 1.54) is 17.5 Å². The summed E-state index contributed by atoms with van der Waals surface area (Å²) >= 11 is 1.52. The van der Waals surface area contributed by atoms with E-state index in [2.05, 4.69) is 15.2 Å². The summed E-state index contributed by atoms with van der Waals surface area (Å²) in [5, 5.41) is 5.27. The quantitative estimate of drug-likeness (QED) is 0.891. The predicted molar refractivity (Wildman–Crippen MR) is 91.2 cm³/mol. The number of nitrogens with one attached hydrogen (secondary N) is 1. The minimum absolute atomic E-state index is 0.313. The lowest BCUT2D eigenvalue weighted by Gasteiger charge is -2.32. The molecular formula is C15H20N4O2S2. The molecule has 2 aromatic rings. The first kappa shape index (κ1) is 15.5. The second-order valence-corrected chi connectivity index (χ2v) is 8.95. The highest BCUT2D eigenvalue weighted by Crippen LogP contribution is 2.27. The second kappa shape index (κ2) is 6.10. The fraction of sp³-hybridized carbons (Fsp3) is 0.533. The molecule has 0 aromatic carbocycles. The van der Waals surface area contributed by atoms with Gasteiger partial charge in [0.2, 0.25) is 10.0 Å². The van der Waals surface area contributed by atoms with Crippen LogP contribution in [0.4, 0.5) is 0 Å². The molecule has 0 aliphatic carbocycles. The molecule has 2 fully saturated rings. The normalized spacial score (nSPS) is 24.4. The fourth-order valence-corrected chi connectivity index (χ4v) is 5.71. The number of hydrogen-bond acceptors (Lipinski definition) is 6. The molecule has 2 aliphatic rings. The van der Waals surface area contributed by atoms with Gasteiger partial charge in [-0.2, -0.15) is 4.31 Å². The van der Waals surface area contributed by atoms with Gasteiger partial charge in [-0.3, -0.25) is 9.88 Å². The molecule has 23 heavy (non-hydrogen) atoms. The van der Waals surface area contributed by atoms with Gasteiger partial charge in [-0.15, -0.1) is 11.3 Å². The van der Waals surface area contributed by atoms with Gasteiger partial charge in [-0.1, -0.05) is 0 Å². The highest BCUT2D eigenvalue weighted by molar-refractivity contribution is 7.89. The molecular weight excluding hydrogens is 332 g/mol. The Bertz CT molecular complexity index is 799. The van der Waals surface area contributed by atoms with Crippen LogP contribution in [0.3, 0.4) is 0 Å². The minimum Gasteiger partial charge on any atom is -0.314 e. The van der Waals surface area contributed by atoms with Gasteiger partial charge in [0.25, 0.3) is 0 Å². The molecule has 1 unspecified atom stereocenters. The Balaban J connectivity index is 1.54. The molecule has 8 heteroatoms. The van der Waals surface area contributed by atoms with Crippen LogP contribution >= 0.6 is 11.3 Å². The van der Waals surface area contributed by atoms with Crippen LogP contribution in [0.25, 0.3) is 10.2 Å². The van der Waals surface area contributed by atoms with Gasteiger partial charge in [0, 0.05) is 51.5 Å². The van der Waals surface area contributed by atoms with Crippen molar-refractivity contribution >= 4 is 31.6 Å². The third kappa shape index (κ3) is 2.89. The largest absolute Gasteiger partial charge is 0.314 e. The number of piperazine rings is 1. The van der Waals surface area contributed by atoms with E-state index >= 15 is 0 Å². The summed E-state index contributed by atoms with van der Waals surface area (Å²) < 4.78 is 28.3. The molecule has 2 aromatic heterocycles. The molecule has 0 radical (unpaired) electrons. The van der Waals surface area contributed by atoms with Crippen molar-refractivity contribution < 1.29 is 8.42 Å². The standard InChI is InChI=1S/C15H20N4O2S2/c20-23(21,13-9-15-14(17-10-13)2-8-22-15)19-5-1-12(11-19)18-6-3-16-4-7-18/h2,8-10,12,16H,1,3-7,11H2. The highest BCUT2D eigenvalue weighted by Gasteiger charge is 2.35. The van der Waals surface area contributed by atoms with Crippen molar-refractivity contribution in [3.8, 4) is 0 Å². The third-order valence-corrected chi connectivity index (χ3v) is 7.39. The van der Waals surface area contributed by atoms with E-state index in [9.17, 15) is 8.42 Å². The average Bonchev–Trinajstić information content (AvgIpc) is 3.24. The van der Waals surface area contributed by atoms with Crippen molar-refractivity contribution in [1.29, 1.82) is 0 Å². The van der Waals surface area contributed by atoms with E-state index < -0.39 is 10.0 Å². The number of rotatable bonds is 3. The molecule has 0 bridgehead atoms. The maximum absolute atomic E-state index is 12.9. The Hall–Kier alpha value is -1.06. The Morgan fingerprint density at radius 3 is 2.91 bits per heavy atom. The van der Waals surface area contributed by atoms with Crippen LogP contribution in [0.15, 0.2) is 28.6 Å². The highest BCUT2D eigenvalue weighted by atomic mass is 32.2. The monoisotopic (exact) mass is 352 g/mol. The van der Waals surface area contributed by atoms with Crippen LogP contribution in [-0.2, 0) is 10.0 Å². The van der Waals surface area contributed by atoms with Gasteiger partial charge in [0.05, 0.1) is 10.2 Å². The average molecular weight is 352 g/mol. The van der Waals surface area contributed by atoms with Gasteiger partial charge in [0.15, 0.2) is 0 Å². The van der Waals surface area contributed by atoms with Crippen LogP contribution in [-0.4, -0.2) is 67.9 Å². The number of pyridine rings is 1. The molecule has 4 rings (SSSR count). The summed E-state index contributed by atoms with van der Waals surface area (Å²) in [5.41, 5.74) is 0.856. The van der Waals surface area contributed by atoms with Crippen LogP contribution in [0.1, 0.15) is 6.42 Å². The number of fused-ring (bicyclic) bond motifs is 1. The third-order valence-electron chi connectivity index (χ3n) is 4.71. The molecule has 2 saturated heterocycles. The molecule has 1 atom stereocenters. The molecule has 0 amide bonds. The predicted octanol–water partition coefficient (Wildman–Crippen LogP) is 0.965. The maximum atomic E-state index is 12.9. The van der Waals surface area contributed by atoms with Crippen molar-refractivity contribution in [3.05, 3.63) is 23.7 Å². The zero-order valence-electron chi connectivity index (χ0n) is 12.8. The lowest BCUT2D eigenvalue weighted by Crippen LogP contribution is -2.49. The lowest BCUT2D eigenvalue weighted by atomic mass is 10.2. The van der Waals surface area contributed by atoms with Gasteiger partial charge in [-0.25, -0.2) is 8.42 Å². The molecule has 124 valence electrons. The van der Waals surface area contributed by atoms with E-state index in [1.54, 1.807) is 10.4 Å². The second-order valence-electron chi connectivity index (χ2n) is 6.07. The minimum atomic E-state index is -3.44. The molecule has 0 spiro atoms. The first-order valence-corrected chi connectivity index (χ1v) is 10.2. The van der Waals surface area contributed by atoms with Crippen molar-refractivity contribution in [1.82, 2.24) is 19.5 Å². The van der Waals surface area contributed by atoms with Crippen LogP contribution in [0.2, 0.25) is 0 Å². The Morgan fingerprint density at radius 2 is 2.09 bits per heavy atom. The SMILES string of the molecule is O=S(=O)(c1cnc2ccsc2c1)N1CCC(N2CCNCC2)C1. The van der Waals surface area contributed by atoms with Gasteiger partial charge in [-0.05, 0) is 23.9 Å². The van der Waals surface area contributed by atoms with Gasteiger partial charge >= 0.3 is 0 Å². The van der Waals surface area contributed by atoms with Gasteiger partial charge < -0.3 is 5.32 Å². The molecule has 2 aliphatic heterocycles. The first-order chi connectivity index (χ1) is 11.1. The number of hydrogen-bond donors (Lipinski definition) is 1. The molecule has 6 nitrogen and oxygen atoms in total. The van der Waals surface area contributed by atoms with Crippen molar-refractivity contribution in [2.24, 2.45) is 0 Å². The Morgan fingerprint density at radius 1 is 1.26 bits per heavy atom. The van der Waals surface area contributed by atoms with Crippen molar-refractivity contribution in [3.63, 3.8) is 0 Å². The number of aromatic nitrogens is 1. The summed E-state index contributed by atoms with van der Waals surface area (Å²) in [6, 6.07) is 4.00. The zero-order chi connectivity index (χ0) is 15.9. The summed E-state index contributed by atoms with van der Waals surface area (Å²) in [5.74, 6) is 0. The maximum Gasteiger partial charge on any atom is 0.244 e. The van der Waals surface area contributed by atoms with E-state index in [0.717, 1.165) is 42.8 Å². The van der Waals surface area contributed by atoms with E-state index in [0.29, 0.717) is 24.0 Å². The Kier molecular flexibility index (Phi) is 4.10. The van der Waals surface area contributed by atoms with E-state index in [4.69, 9.17) is 0 Å². The first-order valence-electron chi connectivity index (χ1n) is 7.93. The van der Waals surface area contributed by atoms with Gasteiger partial charge in [0.1, 0.15) is 4.90 Å². The topological polar surface area (TPSA) is 65.5 Å². The van der Waals surface area contributed by atoms with Crippen molar-refractivity contribution in [2.45, 2.75) is 17.4 Å². The summed E-state index contributed by atoms with van der Waals surface area (Å²) in [6.07, 6.45) is 2.40. The summed E-state index contributed by atoms with van der Waals surface area (Å²) in [6.45, 7) is 5.16. The van der Waals surface area contributed by atoms with Crippen molar-refractivity contribution in [2.75, 3.05) is 39.3 Å². The smallest absolute Gasteiger partial charge is 0.244 e. The number of sulfonamides is 1. The molecule has 4 heterocycles. The van der Waals surface area contributed by atoms with Crippen LogP contribution in [0, 0.1) is 0 Å². The number of thiophene rings is 1. The van der Waals surface area contributed by atoms with E-state index in [-0.39, 0.29) is 0 Å². The molecule has 1 N–H and O–H groups in total. The van der Waals surface area contributed by atoms with Crippen LogP contribution in [0.5, 0.6) is 0 Å². The molecule has 0 saturated carbocycles. The lowest BCUT2D eigenvalue weighted by molar-refractivity contribution is 0.179. The van der Waals surface area contributed by atoms with Crippen LogP contribution < -0.4 is 5.32 Å². The van der Waals surface area contributed by atoms with E-state index in [1.807, 2.05) is 11.4 Å². The summed E-state index contributed by atoms with van der Waals surface area (Å²) in [4.78, 5) is 7.00. The fourth-order valence-electron chi connectivity index (χ4n) is 3.39. The zero-order valence-corrected chi connectivity index (χ0v) is 14.4.